The molecule has 7 heteroatoms. The average molecular weight is 252 g/mol. The molecule has 0 aliphatic carbocycles. The zero-order valence-electron chi connectivity index (χ0n) is 9.93. The first-order valence-corrected chi connectivity index (χ1v) is 6.69. The van der Waals surface area contributed by atoms with E-state index in [0.29, 0.717) is 0 Å². The lowest BCUT2D eigenvalue weighted by Gasteiger charge is -2.20. The van der Waals surface area contributed by atoms with Crippen molar-refractivity contribution in [2.45, 2.75) is 39.2 Å². The monoisotopic (exact) mass is 252 g/mol. The molecule has 0 bridgehead atoms. The highest BCUT2D eigenvalue weighted by atomic mass is 32.2. The zero-order chi connectivity index (χ0) is 12.8. The van der Waals surface area contributed by atoms with Crippen LogP contribution in [0.2, 0.25) is 0 Å². The first-order chi connectivity index (χ1) is 7.29. The van der Waals surface area contributed by atoms with Gasteiger partial charge in [0.25, 0.3) is 10.2 Å². The van der Waals surface area contributed by atoms with E-state index in [2.05, 4.69) is 4.72 Å². The summed E-state index contributed by atoms with van der Waals surface area (Å²) in [5.74, 6) is -1.01. The highest BCUT2D eigenvalue weighted by Gasteiger charge is 2.20. The fraction of sp³-hybridized carbons (Fsp3) is 0.889. The maximum Gasteiger partial charge on any atom is 0.304 e. The molecule has 0 saturated heterocycles. The van der Waals surface area contributed by atoms with Gasteiger partial charge in [0, 0.05) is 19.6 Å². The lowest BCUT2D eigenvalue weighted by molar-refractivity contribution is -0.137. The maximum absolute atomic E-state index is 11.7. The van der Waals surface area contributed by atoms with Crippen LogP contribution in [0.15, 0.2) is 0 Å². The predicted molar refractivity (Wildman–Crippen MR) is 61.3 cm³/mol. The van der Waals surface area contributed by atoms with Crippen molar-refractivity contribution in [1.82, 2.24) is 9.03 Å². The second kappa shape index (κ2) is 6.82. The molecular formula is C9H20N2O4S. The topological polar surface area (TPSA) is 86.7 Å². The molecule has 0 aliphatic heterocycles. The third-order valence-electron chi connectivity index (χ3n) is 2.12. The SMILES string of the molecule is CCCC(C)NS(=O)(=O)N(C)CCC(=O)O. The summed E-state index contributed by atoms with van der Waals surface area (Å²) in [4.78, 5) is 10.3. The Hall–Kier alpha value is -0.660. The van der Waals surface area contributed by atoms with E-state index in [0.717, 1.165) is 17.1 Å². The van der Waals surface area contributed by atoms with Crippen molar-refractivity contribution in [3.05, 3.63) is 0 Å². The standard InChI is InChI=1S/C9H20N2O4S/c1-4-5-8(2)10-16(14,15)11(3)7-6-9(12)13/h8,10H,4-7H2,1-3H3,(H,12,13). The molecule has 0 saturated carbocycles. The highest BCUT2D eigenvalue weighted by molar-refractivity contribution is 7.87. The Morgan fingerprint density at radius 1 is 1.50 bits per heavy atom. The van der Waals surface area contributed by atoms with Gasteiger partial charge in [0.05, 0.1) is 6.42 Å². The molecule has 0 amide bonds. The summed E-state index contributed by atoms with van der Waals surface area (Å²) in [6.07, 6.45) is 1.45. The van der Waals surface area contributed by atoms with Gasteiger partial charge in [-0.3, -0.25) is 4.79 Å². The van der Waals surface area contributed by atoms with E-state index in [9.17, 15) is 13.2 Å². The molecule has 6 nitrogen and oxygen atoms in total. The van der Waals surface area contributed by atoms with Gasteiger partial charge < -0.3 is 5.11 Å². The van der Waals surface area contributed by atoms with Crippen LogP contribution in [-0.2, 0) is 15.0 Å². The Morgan fingerprint density at radius 3 is 2.50 bits per heavy atom. The van der Waals surface area contributed by atoms with Crippen molar-refractivity contribution in [3.8, 4) is 0 Å². The summed E-state index contributed by atoms with van der Waals surface area (Å²) in [6.45, 7) is 3.73. The number of carbonyl (C=O) groups is 1. The minimum absolute atomic E-state index is 0.0243. The summed E-state index contributed by atoms with van der Waals surface area (Å²) < 4.78 is 26.8. The maximum atomic E-state index is 11.7. The van der Waals surface area contributed by atoms with Gasteiger partial charge in [-0.25, -0.2) is 0 Å². The fourth-order valence-corrected chi connectivity index (χ4v) is 2.35. The number of hydrogen-bond acceptors (Lipinski definition) is 3. The molecule has 0 radical (unpaired) electrons. The quantitative estimate of drug-likeness (QED) is 0.655. The van der Waals surface area contributed by atoms with Crippen molar-refractivity contribution < 1.29 is 18.3 Å². The summed E-state index contributed by atoms with van der Waals surface area (Å²) in [7, 11) is -2.19. The number of hydrogen-bond donors (Lipinski definition) is 2. The first kappa shape index (κ1) is 15.3. The average Bonchev–Trinajstić information content (AvgIpc) is 2.13. The van der Waals surface area contributed by atoms with Crippen molar-refractivity contribution in [2.24, 2.45) is 0 Å². The molecule has 0 rings (SSSR count). The third kappa shape index (κ3) is 6.04. The summed E-state index contributed by atoms with van der Waals surface area (Å²) >= 11 is 0. The van der Waals surface area contributed by atoms with Crippen LogP contribution in [0.1, 0.15) is 33.1 Å². The van der Waals surface area contributed by atoms with Crippen LogP contribution in [0, 0.1) is 0 Å². The predicted octanol–water partition coefficient (Wildman–Crippen LogP) is 0.416. The van der Waals surface area contributed by atoms with Crippen LogP contribution in [0.3, 0.4) is 0 Å². The Morgan fingerprint density at radius 2 is 2.06 bits per heavy atom. The number of rotatable bonds is 8. The highest BCUT2D eigenvalue weighted by Crippen LogP contribution is 2.01. The van der Waals surface area contributed by atoms with Crippen LogP contribution < -0.4 is 4.72 Å². The third-order valence-corrected chi connectivity index (χ3v) is 3.83. The molecule has 16 heavy (non-hydrogen) atoms. The van der Waals surface area contributed by atoms with Crippen LogP contribution in [0.4, 0.5) is 0 Å². The van der Waals surface area contributed by atoms with Gasteiger partial charge in [-0.05, 0) is 13.3 Å². The van der Waals surface area contributed by atoms with Crippen molar-refractivity contribution in [2.75, 3.05) is 13.6 Å². The van der Waals surface area contributed by atoms with Crippen LogP contribution in [0.5, 0.6) is 0 Å². The molecule has 0 spiro atoms. The molecule has 2 N–H and O–H groups in total. The van der Waals surface area contributed by atoms with Crippen LogP contribution >= 0.6 is 0 Å². The largest absolute Gasteiger partial charge is 0.481 e. The molecule has 0 aromatic heterocycles. The molecule has 0 aliphatic rings. The Labute approximate surface area is 96.8 Å². The molecular weight excluding hydrogens is 232 g/mol. The van der Waals surface area contributed by atoms with Gasteiger partial charge in [0.15, 0.2) is 0 Å². The van der Waals surface area contributed by atoms with Gasteiger partial charge in [0.1, 0.15) is 0 Å². The van der Waals surface area contributed by atoms with Crippen LogP contribution in [0.25, 0.3) is 0 Å². The van der Waals surface area contributed by atoms with E-state index in [4.69, 9.17) is 5.11 Å². The second-order valence-electron chi connectivity index (χ2n) is 3.78. The van der Waals surface area contributed by atoms with E-state index < -0.39 is 16.2 Å². The Balaban J connectivity index is 4.25. The van der Waals surface area contributed by atoms with E-state index in [-0.39, 0.29) is 19.0 Å². The number of aliphatic carboxylic acids is 1. The van der Waals surface area contributed by atoms with Gasteiger partial charge in [-0.2, -0.15) is 17.4 Å². The van der Waals surface area contributed by atoms with Crippen LogP contribution in [-0.4, -0.2) is 43.4 Å². The zero-order valence-corrected chi connectivity index (χ0v) is 10.7. The molecule has 96 valence electrons. The smallest absolute Gasteiger partial charge is 0.304 e. The summed E-state index contributed by atoms with van der Waals surface area (Å²) in [5.41, 5.74) is 0. The Bertz CT molecular complexity index is 315. The second-order valence-corrected chi connectivity index (χ2v) is 5.59. The number of carboxylic acid groups (broad SMARTS) is 1. The van der Waals surface area contributed by atoms with E-state index in [1.54, 1.807) is 6.92 Å². The lowest BCUT2D eigenvalue weighted by Crippen LogP contribution is -2.43. The van der Waals surface area contributed by atoms with Gasteiger partial charge in [0.2, 0.25) is 0 Å². The van der Waals surface area contributed by atoms with E-state index in [1.165, 1.54) is 7.05 Å². The number of carboxylic acids is 1. The van der Waals surface area contributed by atoms with Gasteiger partial charge in [-0.1, -0.05) is 13.3 Å². The minimum atomic E-state index is -3.56. The van der Waals surface area contributed by atoms with E-state index >= 15 is 0 Å². The summed E-state index contributed by atoms with van der Waals surface area (Å²) in [6, 6.07) is -0.137. The molecule has 0 fully saturated rings. The summed E-state index contributed by atoms with van der Waals surface area (Å²) in [5, 5.41) is 8.45. The molecule has 0 aromatic carbocycles. The molecule has 0 heterocycles. The lowest BCUT2D eigenvalue weighted by atomic mass is 10.2. The molecule has 1 atom stereocenters. The minimum Gasteiger partial charge on any atom is -0.481 e. The van der Waals surface area contributed by atoms with Crippen molar-refractivity contribution in [3.63, 3.8) is 0 Å². The molecule has 1 unspecified atom stereocenters. The normalized spacial score (nSPS) is 14.0. The molecule has 0 aromatic rings. The van der Waals surface area contributed by atoms with Gasteiger partial charge in [-0.15, -0.1) is 0 Å². The number of nitrogens with zero attached hydrogens (tertiary/aromatic N) is 1. The Kier molecular flexibility index (Phi) is 6.54. The van der Waals surface area contributed by atoms with Crippen molar-refractivity contribution >= 4 is 16.2 Å². The van der Waals surface area contributed by atoms with E-state index in [1.807, 2.05) is 6.92 Å². The number of nitrogens with one attached hydrogen (secondary N) is 1. The van der Waals surface area contributed by atoms with Crippen molar-refractivity contribution in [1.29, 1.82) is 0 Å². The first-order valence-electron chi connectivity index (χ1n) is 5.25. The van der Waals surface area contributed by atoms with Gasteiger partial charge >= 0.3 is 5.97 Å². The fourth-order valence-electron chi connectivity index (χ4n) is 1.21.